The lowest BCUT2D eigenvalue weighted by Crippen LogP contribution is -2.12. The lowest BCUT2D eigenvalue weighted by molar-refractivity contribution is 0.0465. The Morgan fingerprint density at radius 2 is 1.93 bits per heavy atom. The van der Waals surface area contributed by atoms with Crippen molar-refractivity contribution in [2.24, 2.45) is 0 Å². The quantitative estimate of drug-likeness (QED) is 0.433. The van der Waals surface area contributed by atoms with Crippen LogP contribution in [0.3, 0.4) is 0 Å². The molecular formula is C21H13ClF3N3O2. The zero-order valence-corrected chi connectivity index (χ0v) is 15.9. The van der Waals surface area contributed by atoms with Gasteiger partial charge in [-0.15, -0.1) is 0 Å². The highest BCUT2D eigenvalue weighted by molar-refractivity contribution is 6.35. The van der Waals surface area contributed by atoms with Gasteiger partial charge in [-0.1, -0.05) is 29.8 Å². The number of rotatable bonds is 4. The summed E-state index contributed by atoms with van der Waals surface area (Å²) in [6, 6.07) is 9.98. The molecule has 152 valence electrons. The van der Waals surface area contributed by atoms with Gasteiger partial charge in [-0.25, -0.2) is 22.9 Å². The van der Waals surface area contributed by atoms with Crippen molar-refractivity contribution >= 4 is 34.2 Å². The van der Waals surface area contributed by atoms with Gasteiger partial charge in [0.25, 0.3) is 0 Å². The number of nitrogens with one attached hydrogen (secondary N) is 1. The number of carbonyl (C=O) groups excluding carboxylic acids is 1. The van der Waals surface area contributed by atoms with E-state index in [0.717, 1.165) is 0 Å². The Labute approximate surface area is 173 Å². The van der Waals surface area contributed by atoms with Gasteiger partial charge >= 0.3 is 5.97 Å². The number of aromatic amines is 1. The summed E-state index contributed by atoms with van der Waals surface area (Å²) in [5, 5.41) is 0.121. The second-order valence-electron chi connectivity index (χ2n) is 6.43. The predicted molar refractivity (Wildman–Crippen MR) is 106 cm³/mol. The molecule has 2 aromatic heterocycles. The van der Waals surface area contributed by atoms with Crippen LogP contribution < -0.4 is 5.73 Å². The molecule has 0 unspecified atom stereocenters. The molecule has 0 fully saturated rings. The van der Waals surface area contributed by atoms with Crippen LogP contribution in [0.1, 0.15) is 16.1 Å². The number of fused-ring (bicyclic) bond motifs is 1. The first-order valence-corrected chi connectivity index (χ1v) is 9.06. The fraction of sp³-hybridized carbons (Fsp3) is 0.0476. The summed E-state index contributed by atoms with van der Waals surface area (Å²) in [7, 11) is 0. The molecule has 4 rings (SSSR count). The van der Waals surface area contributed by atoms with Gasteiger partial charge in [-0.3, -0.25) is 0 Å². The Bertz CT molecular complexity index is 1290. The van der Waals surface area contributed by atoms with Crippen LogP contribution in [0.25, 0.3) is 22.2 Å². The average Bonchev–Trinajstić information content (AvgIpc) is 3.21. The summed E-state index contributed by atoms with van der Waals surface area (Å²) in [5.74, 6) is -3.34. The molecule has 2 heterocycles. The first-order chi connectivity index (χ1) is 14.4. The van der Waals surface area contributed by atoms with Crippen molar-refractivity contribution in [2.45, 2.75) is 6.61 Å². The molecule has 0 radical (unpaired) electrons. The molecule has 9 heteroatoms. The molecule has 0 saturated carbocycles. The molecule has 0 aliphatic carbocycles. The molecule has 3 N–H and O–H groups in total. The van der Waals surface area contributed by atoms with Crippen LogP contribution in [0.2, 0.25) is 5.02 Å². The van der Waals surface area contributed by atoms with E-state index in [1.165, 1.54) is 30.5 Å². The number of hydrogen-bond acceptors (Lipinski definition) is 4. The van der Waals surface area contributed by atoms with Crippen LogP contribution in [0.4, 0.5) is 18.9 Å². The van der Waals surface area contributed by atoms with Crippen molar-refractivity contribution in [3.8, 4) is 11.3 Å². The zero-order valence-electron chi connectivity index (χ0n) is 15.2. The number of halogens is 4. The number of ether oxygens (including phenoxy) is 1. The van der Waals surface area contributed by atoms with Crippen molar-refractivity contribution in [3.05, 3.63) is 82.4 Å². The highest BCUT2D eigenvalue weighted by Crippen LogP contribution is 2.35. The molecule has 0 spiro atoms. The van der Waals surface area contributed by atoms with Gasteiger partial charge in [-0.05, 0) is 29.8 Å². The first-order valence-electron chi connectivity index (χ1n) is 8.69. The van der Waals surface area contributed by atoms with Crippen molar-refractivity contribution in [1.82, 2.24) is 9.97 Å². The van der Waals surface area contributed by atoms with E-state index in [-0.39, 0.29) is 17.7 Å². The van der Waals surface area contributed by atoms with Crippen molar-refractivity contribution in [3.63, 3.8) is 0 Å². The summed E-state index contributed by atoms with van der Waals surface area (Å²) < 4.78 is 48.0. The van der Waals surface area contributed by atoms with E-state index in [0.29, 0.717) is 10.9 Å². The highest BCUT2D eigenvalue weighted by atomic mass is 35.5. The number of H-pyrrole nitrogens is 1. The van der Waals surface area contributed by atoms with Gasteiger partial charge in [0.2, 0.25) is 0 Å². The van der Waals surface area contributed by atoms with Crippen LogP contribution in [0.15, 0.2) is 48.7 Å². The summed E-state index contributed by atoms with van der Waals surface area (Å²) in [6.45, 7) is -0.274. The fourth-order valence-corrected chi connectivity index (χ4v) is 3.20. The van der Waals surface area contributed by atoms with Crippen LogP contribution in [-0.2, 0) is 11.3 Å². The summed E-state index contributed by atoms with van der Waals surface area (Å²) in [6.07, 6.45) is 1.53. The molecule has 5 nitrogen and oxygen atoms in total. The minimum atomic E-state index is -1.06. The number of nitrogens with two attached hydrogens (primary N) is 1. The lowest BCUT2D eigenvalue weighted by atomic mass is 10.1. The number of pyridine rings is 1. The minimum Gasteiger partial charge on any atom is -0.456 e. The Morgan fingerprint density at radius 3 is 2.70 bits per heavy atom. The third-order valence-corrected chi connectivity index (χ3v) is 4.87. The molecule has 30 heavy (non-hydrogen) atoms. The largest absolute Gasteiger partial charge is 0.456 e. The average molecular weight is 432 g/mol. The first kappa shape index (κ1) is 19.8. The molecular weight excluding hydrogens is 419 g/mol. The van der Waals surface area contributed by atoms with Crippen LogP contribution in [0.5, 0.6) is 0 Å². The Kier molecular flexibility index (Phi) is 5.09. The molecule has 0 atom stereocenters. The maximum atomic E-state index is 14.9. The third-order valence-electron chi connectivity index (χ3n) is 4.48. The van der Waals surface area contributed by atoms with E-state index in [1.807, 2.05) is 0 Å². The zero-order chi connectivity index (χ0) is 21.4. The number of nitrogens with zero attached hydrogens (tertiary/aromatic N) is 1. The van der Waals surface area contributed by atoms with Gasteiger partial charge in [0.05, 0.1) is 16.2 Å². The predicted octanol–water partition coefficient (Wildman–Crippen LogP) is 5.24. The number of anilines is 1. The van der Waals surface area contributed by atoms with E-state index in [1.54, 1.807) is 18.2 Å². The van der Waals surface area contributed by atoms with Crippen LogP contribution in [-0.4, -0.2) is 15.9 Å². The smallest absolute Gasteiger partial charge is 0.358 e. The molecule has 0 saturated heterocycles. The standard InChI is InChI=1S/C21H13ClF3N3O2/c22-14-17(26)16(25)19(13-5-4-11-6-7-27-18(11)15(13)24)28-20(14)21(29)30-9-10-2-1-3-12(23)8-10/h1-8,27H,9H2,(H2,26,28). The van der Waals surface area contributed by atoms with Crippen molar-refractivity contribution in [1.29, 1.82) is 0 Å². The normalized spacial score (nSPS) is 11.1. The molecule has 0 bridgehead atoms. The fourth-order valence-electron chi connectivity index (χ4n) is 2.99. The number of nitrogen functional groups attached to an aromatic ring is 1. The van der Waals surface area contributed by atoms with E-state index in [4.69, 9.17) is 22.1 Å². The molecule has 0 aliphatic rings. The Balaban J connectivity index is 1.73. The van der Waals surface area contributed by atoms with Gasteiger partial charge in [0.15, 0.2) is 17.3 Å². The second-order valence-corrected chi connectivity index (χ2v) is 6.80. The number of benzene rings is 2. The van der Waals surface area contributed by atoms with E-state index in [9.17, 15) is 18.0 Å². The van der Waals surface area contributed by atoms with Gasteiger partial charge in [0, 0.05) is 17.1 Å². The van der Waals surface area contributed by atoms with Gasteiger partial charge in [-0.2, -0.15) is 0 Å². The third kappa shape index (κ3) is 3.46. The maximum Gasteiger partial charge on any atom is 0.358 e. The van der Waals surface area contributed by atoms with Gasteiger partial charge in [0.1, 0.15) is 18.1 Å². The van der Waals surface area contributed by atoms with E-state index < -0.39 is 45.5 Å². The monoisotopic (exact) mass is 431 g/mol. The number of hydrogen-bond donors (Lipinski definition) is 2. The number of esters is 1. The van der Waals surface area contributed by atoms with Crippen LogP contribution in [0, 0.1) is 17.5 Å². The topological polar surface area (TPSA) is 81.0 Å². The summed E-state index contributed by atoms with van der Waals surface area (Å²) in [5.41, 5.74) is 4.50. The highest BCUT2D eigenvalue weighted by Gasteiger charge is 2.25. The van der Waals surface area contributed by atoms with Crippen LogP contribution >= 0.6 is 11.6 Å². The molecule has 0 aliphatic heterocycles. The van der Waals surface area contributed by atoms with Gasteiger partial charge < -0.3 is 15.5 Å². The SMILES string of the molecule is Nc1c(F)c(-c2ccc3cc[nH]c3c2F)nc(C(=O)OCc2cccc(F)c2)c1Cl. The Morgan fingerprint density at radius 1 is 1.13 bits per heavy atom. The molecule has 0 amide bonds. The second kappa shape index (κ2) is 7.72. The molecule has 2 aromatic carbocycles. The minimum absolute atomic E-state index is 0.150. The molecule has 4 aromatic rings. The van der Waals surface area contributed by atoms with E-state index >= 15 is 0 Å². The maximum absolute atomic E-state index is 14.9. The number of aromatic nitrogens is 2. The Hall–Kier alpha value is -3.52. The summed E-state index contributed by atoms with van der Waals surface area (Å²) in [4.78, 5) is 19.1. The van der Waals surface area contributed by atoms with E-state index in [2.05, 4.69) is 9.97 Å². The summed E-state index contributed by atoms with van der Waals surface area (Å²) >= 11 is 5.99. The van der Waals surface area contributed by atoms with Crippen molar-refractivity contribution < 1.29 is 22.7 Å². The lowest BCUT2D eigenvalue weighted by Gasteiger charge is -2.12. The number of carbonyl (C=O) groups is 1. The van der Waals surface area contributed by atoms with Crippen molar-refractivity contribution in [2.75, 3.05) is 5.73 Å².